The lowest BCUT2D eigenvalue weighted by atomic mass is 10.0. The molecule has 0 fully saturated rings. The molecule has 5 nitrogen and oxygen atoms in total. The van der Waals surface area contributed by atoms with E-state index < -0.39 is 6.10 Å². The van der Waals surface area contributed by atoms with Gasteiger partial charge in [0, 0.05) is 24.7 Å². The second-order valence-corrected chi connectivity index (χ2v) is 4.70. The van der Waals surface area contributed by atoms with Gasteiger partial charge < -0.3 is 14.6 Å². The molecule has 0 amide bonds. The van der Waals surface area contributed by atoms with Crippen LogP contribution in [0.5, 0.6) is 11.5 Å². The van der Waals surface area contributed by atoms with Crippen LogP contribution in [0.2, 0.25) is 0 Å². The van der Waals surface area contributed by atoms with E-state index in [4.69, 9.17) is 9.47 Å². The number of rotatable bonds is 5. The second kappa shape index (κ2) is 5.96. The van der Waals surface area contributed by atoms with Crippen molar-refractivity contribution in [3.05, 3.63) is 41.2 Å². The Balaban J connectivity index is 2.29. The fourth-order valence-electron chi connectivity index (χ4n) is 2.34. The van der Waals surface area contributed by atoms with Gasteiger partial charge in [-0.1, -0.05) is 12.1 Å². The van der Waals surface area contributed by atoms with Crippen molar-refractivity contribution in [2.45, 2.75) is 19.4 Å². The first kappa shape index (κ1) is 14.4. The Bertz CT molecular complexity index is 593. The molecule has 0 saturated carbocycles. The van der Waals surface area contributed by atoms with Gasteiger partial charge in [-0.25, -0.2) is 0 Å². The number of aryl methyl sites for hydroxylation is 2. The van der Waals surface area contributed by atoms with Gasteiger partial charge in [0.1, 0.15) is 0 Å². The number of nitrogens with zero attached hydrogens (tertiary/aromatic N) is 2. The summed E-state index contributed by atoms with van der Waals surface area (Å²) in [7, 11) is 5.03. The lowest BCUT2D eigenvalue weighted by Crippen LogP contribution is -2.08. The summed E-state index contributed by atoms with van der Waals surface area (Å²) in [6, 6.07) is 7.46. The molecule has 1 N–H and O–H groups in total. The molecule has 1 aromatic heterocycles. The maximum absolute atomic E-state index is 10.5. The fourth-order valence-corrected chi connectivity index (χ4v) is 2.34. The van der Waals surface area contributed by atoms with Gasteiger partial charge in [-0.05, 0) is 19.1 Å². The van der Waals surface area contributed by atoms with Gasteiger partial charge in [-0.15, -0.1) is 0 Å². The smallest absolute Gasteiger partial charge is 0.166 e. The molecule has 1 atom stereocenters. The molecule has 20 heavy (non-hydrogen) atoms. The van der Waals surface area contributed by atoms with Gasteiger partial charge in [0.2, 0.25) is 0 Å². The average Bonchev–Trinajstić information content (AvgIpc) is 2.75. The summed E-state index contributed by atoms with van der Waals surface area (Å²) >= 11 is 0. The van der Waals surface area contributed by atoms with Crippen LogP contribution in [0.1, 0.15) is 23.1 Å². The van der Waals surface area contributed by atoms with Crippen LogP contribution in [0.25, 0.3) is 0 Å². The largest absolute Gasteiger partial charge is 0.493 e. The van der Waals surface area contributed by atoms with Crippen molar-refractivity contribution in [3.8, 4) is 11.5 Å². The van der Waals surface area contributed by atoms with Gasteiger partial charge in [0.25, 0.3) is 0 Å². The number of para-hydroxylation sites is 1. The molecule has 0 aliphatic heterocycles. The number of aliphatic hydroxyl groups excluding tert-OH is 1. The number of methoxy groups -OCH3 is 2. The molecule has 0 spiro atoms. The number of aliphatic hydroxyl groups is 1. The number of hydrogen-bond acceptors (Lipinski definition) is 4. The predicted molar refractivity (Wildman–Crippen MR) is 76.2 cm³/mol. The summed E-state index contributed by atoms with van der Waals surface area (Å²) < 4.78 is 12.4. The highest BCUT2D eigenvalue weighted by Crippen LogP contribution is 2.35. The number of aromatic nitrogens is 2. The minimum absolute atomic E-state index is 0.473. The molecule has 1 aromatic carbocycles. The Morgan fingerprint density at radius 2 is 2.05 bits per heavy atom. The van der Waals surface area contributed by atoms with Crippen LogP contribution >= 0.6 is 0 Å². The second-order valence-electron chi connectivity index (χ2n) is 4.70. The van der Waals surface area contributed by atoms with Gasteiger partial charge in [0.15, 0.2) is 11.5 Å². The molecule has 1 heterocycles. The molecule has 5 heteroatoms. The SMILES string of the molecule is COc1cccc(C(O)Cc2cc(C)nn2C)c1OC. The molecular formula is C15H20N2O3. The third kappa shape index (κ3) is 2.77. The van der Waals surface area contributed by atoms with Crippen molar-refractivity contribution in [2.24, 2.45) is 7.05 Å². The van der Waals surface area contributed by atoms with Crippen LogP contribution < -0.4 is 9.47 Å². The van der Waals surface area contributed by atoms with E-state index >= 15 is 0 Å². The maximum atomic E-state index is 10.5. The zero-order valence-electron chi connectivity index (χ0n) is 12.3. The van der Waals surface area contributed by atoms with E-state index in [0.717, 1.165) is 11.4 Å². The third-order valence-corrected chi connectivity index (χ3v) is 3.29. The Hall–Kier alpha value is -2.01. The Morgan fingerprint density at radius 1 is 1.30 bits per heavy atom. The van der Waals surface area contributed by atoms with E-state index in [-0.39, 0.29) is 0 Å². The van der Waals surface area contributed by atoms with E-state index in [1.807, 2.05) is 38.2 Å². The first-order valence-corrected chi connectivity index (χ1v) is 6.45. The van der Waals surface area contributed by atoms with Gasteiger partial charge in [-0.3, -0.25) is 4.68 Å². The zero-order valence-corrected chi connectivity index (χ0v) is 12.3. The van der Waals surface area contributed by atoms with Crippen molar-refractivity contribution < 1.29 is 14.6 Å². The van der Waals surface area contributed by atoms with E-state index in [0.29, 0.717) is 23.5 Å². The van der Waals surface area contributed by atoms with Crippen LogP contribution in [0.3, 0.4) is 0 Å². The fraction of sp³-hybridized carbons (Fsp3) is 0.400. The average molecular weight is 276 g/mol. The van der Waals surface area contributed by atoms with Crippen molar-refractivity contribution in [3.63, 3.8) is 0 Å². The summed E-state index contributed by atoms with van der Waals surface area (Å²) in [5, 5.41) is 14.7. The Labute approximate surface area is 118 Å². The van der Waals surface area contributed by atoms with E-state index in [2.05, 4.69) is 5.10 Å². The van der Waals surface area contributed by atoms with E-state index in [1.165, 1.54) is 0 Å². The van der Waals surface area contributed by atoms with Crippen molar-refractivity contribution in [1.29, 1.82) is 0 Å². The topological polar surface area (TPSA) is 56.5 Å². The molecular weight excluding hydrogens is 256 g/mol. The summed E-state index contributed by atoms with van der Waals surface area (Å²) in [5.74, 6) is 1.19. The standard InChI is InChI=1S/C15H20N2O3/c1-10-8-11(17(2)16-10)9-13(18)12-6-5-7-14(19-3)15(12)20-4/h5-8,13,18H,9H2,1-4H3. The normalized spacial score (nSPS) is 12.2. The number of ether oxygens (including phenoxy) is 2. The third-order valence-electron chi connectivity index (χ3n) is 3.29. The number of hydrogen-bond donors (Lipinski definition) is 1. The highest BCUT2D eigenvalue weighted by atomic mass is 16.5. The van der Waals surface area contributed by atoms with Crippen molar-refractivity contribution in [1.82, 2.24) is 9.78 Å². The molecule has 0 radical (unpaired) electrons. The van der Waals surface area contributed by atoms with E-state index in [9.17, 15) is 5.11 Å². The lowest BCUT2D eigenvalue weighted by Gasteiger charge is -2.17. The maximum Gasteiger partial charge on any atom is 0.166 e. The molecule has 0 saturated heterocycles. The van der Waals surface area contributed by atoms with Crippen LogP contribution in [0.4, 0.5) is 0 Å². The Kier molecular flexibility index (Phi) is 4.29. The highest BCUT2D eigenvalue weighted by molar-refractivity contribution is 5.47. The molecule has 1 unspecified atom stereocenters. The molecule has 0 aliphatic carbocycles. The predicted octanol–water partition coefficient (Wildman–Crippen LogP) is 2.02. The van der Waals surface area contributed by atoms with Crippen LogP contribution in [0, 0.1) is 6.92 Å². The van der Waals surface area contributed by atoms with Crippen LogP contribution in [-0.4, -0.2) is 29.1 Å². The minimum atomic E-state index is -0.671. The van der Waals surface area contributed by atoms with Gasteiger partial charge in [-0.2, -0.15) is 5.10 Å². The summed E-state index contributed by atoms with van der Waals surface area (Å²) in [6.07, 6.45) is -0.198. The van der Waals surface area contributed by atoms with Gasteiger partial charge >= 0.3 is 0 Å². The molecule has 108 valence electrons. The Morgan fingerprint density at radius 3 is 2.60 bits per heavy atom. The minimum Gasteiger partial charge on any atom is -0.493 e. The lowest BCUT2D eigenvalue weighted by molar-refractivity contribution is 0.170. The molecule has 0 bridgehead atoms. The van der Waals surface area contributed by atoms with Crippen LogP contribution in [-0.2, 0) is 13.5 Å². The first-order valence-electron chi connectivity index (χ1n) is 6.45. The molecule has 0 aliphatic rings. The summed E-state index contributed by atoms with van der Waals surface area (Å²) in [6.45, 7) is 1.93. The zero-order chi connectivity index (χ0) is 14.7. The highest BCUT2D eigenvalue weighted by Gasteiger charge is 2.18. The molecule has 2 aromatic rings. The van der Waals surface area contributed by atoms with Crippen LogP contribution in [0.15, 0.2) is 24.3 Å². The van der Waals surface area contributed by atoms with Crippen molar-refractivity contribution >= 4 is 0 Å². The van der Waals surface area contributed by atoms with E-state index in [1.54, 1.807) is 18.9 Å². The molecule has 2 rings (SSSR count). The van der Waals surface area contributed by atoms with Crippen molar-refractivity contribution in [2.75, 3.05) is 14.2 Å². The summed E-state index contributed by atoms with van der Waals surface area (Å²) in [4.78, 5) is 0. The monoisotopic (exact) mass is 276 g/mol. The summed E-state index contributed by atoms with van der Waals surface area (Å²) in [5.41, 5.74) is 2.62. The van der Waals surface area contributed by atoms with Gasteiger partial charge in [0.05, 0.1) is 26.0 Å². The number of benzene rings is 1. The quantitative estimate of drug-likeness (QED) is 0.907. The first-order chi connectivity index (χ1) is 9.56.